The van der Waals surface area contributed by atoms with Crippen LogP contribution >= 0.6 is 11.8 Å². The van der Waals surface area contributed by atoms with Gasteiger partial charge in [-0.25, -0.2) is 8.42 Å². The molecule has 94 valence electrons. The number of rotatable bonds is 6. The quantitative estimate of drug-likeness (QED) is 0.734. The van der Waals surface area contributed by atoms with Crippen LogP contribution in [0.5, 0.6) is 0 Å². The molecule has 1 aliphatic heterocycles. The van der Waals surface area contributed by atoms with Crippen molar-refractivity contribution in [3.63, 3.8) is 0 Å². The summed E-state index contributed by atoms with van der Waals surface area (Å²) in [6.07, 6.45) is 4.31. The molecule has 0 saturated carbocycles. The lowest BCUT2D eigenvalue weighted by Crippen LogP contribution is -2.22. The van der Waals surface area contributed by atoms with E-state index in [1.54, 1.807) is 11.8 Å². The van der Waals surface area contributed by atoms with Gasteiger partial charge in [0.15, 0.2) is 5.17 Å². The number of thioether (sulfide) groups is 1. The van der Waals surface area contributed by atoms with E-state index in [1.807, 2.05) is 0 Å². The van der Waals surface area contributed by atoms with Crippen molar-refractivity contribution in [2.75, 3.05) is 25.1 Å². The Morgan fingerprint density at radius 3 is 2.94 bits per heavy atom. The monoisotopic (exact) mass is 264 g/mol. The maximum absolute atomic E-state index is 10.9. The van der Waals surface area contributed by atoms with Crippen LogP contribution in [-0.2, 0) is 9.84 Å². The predicted molar refractivity (Wildman–Crippen MR) is 70.9 cm³/mol. The fraction of sp³-hybridized carbons (Fsp3) is 0.900. The molecule has 16 heavy (non-hydrogen) atoms. The van der Waals surface area contributed by atoms with Crippen molar-refractivity contribution < 1.29 is 8.42 Å². The predicted octanol–water partition coefficient (Wildman–Crippen LogP) is 1.28. The van der Waals surface area contributed by atoms with Crippen molar-refractivity contribution in [3.05, 3.63) is 0 Å². The summed E-state index contributed by atoms with van der Waals surface area (Å²) in [5, 5.41) is 4.78. The van der Waals surface area contributed by atoms with E-state index in [0.29, 0.717) is 18.2 Å². The van der Waals surface area contributed by atoms with E-state index in [1.165, 1.54) is 19.1 Å². The Hall–Kier alpha value is -0.230. The number of nitrogens with zero attached hydrogens (tertiary/aromatic N) is 1. The molecule has 0 aliphatic carbocycles. The van der Waals surface area contributed by atoms with Gasteiger partial charge in [-0.2, -0.15) is 0 Å². The van der Waals surface area contributed by atoms with E-state index in [0.717, 1.165) is 11.7 Å². The van der Waals surface area contributed by atoms with E-state index in [-0.39, 0.29) is 5.75 Å². The Labute approximate surface area is 102 Å². The molecular formula is C10H20N2O2S2. The highest BCUT2D eigenvalue weighted by Crippen LogP contribution is 2.23. The number of sulfone groups is 1. The third-order valence-electron chi connectivity index (χ3n) is 2.30. The highest BCUT2D eigenvalue weighted by atomic mass is 32.2. The Morgan fingerprint density at radius 1 is 1.56 bits per heavy atom. The summed E-state index contributed by atoms with van der Waals surface area (Å²) in [7, 11) is -2.83. The zero-order chi connectivity index (χ0) is 12.0. The van der Waals surface area contributed by atoms with Crippen LogP contribution in [0.25, 0.3) is 0 Å². The van der Waals surface area contributed by atoms with Crippen molar-refractivity contribution in [2.24, 2.45) is 4.99 Å². The van der Waals surface area contributed by atoms with Gasteiger partial charge in [0.2, 0.25) is 0 Å². The third kappa shape index (κ3) is 5.75. The molecule has 0 saturated heterocycles. The molecule has 6 heteroatoms. The van der Waals surface area contributed by atoms with Crippen molar-refractivity contribution in [1.29, 1.82) is 0 Å². The third-order valence-corrected chi connectivity index (χ3v) is 4.54. The van der Waals surface area contributed by atoms with Gasteiger partial charge in [-0.05, 0) is 12.8 Å². The number of hydrogen-bond acceptors (Lipinski definition) is 5. The molecular weight excluding hydrogens is 244 g/mol. The average molecular weight is 264 g/mol. The maximum atomic E-state index is 10.9. The molecule has 1 rings (SSSR count). The van der Waals surface area contributed by atoms with Crippen molar-refractivity contribution in [3.8, 4) is 0 Å². The minimum Gasteiger partial charge on any atom is -0.365 e. The molecule has 4 nitrogen and oxygen atoms in total. The summed E-state index contributed by atoms with van der Waals surface area (Å²) < 4.78 is 21.8. The second-order valence-electron chi connectivity index (χ2n) is 4.08. The smallest absolute Gasteiger partial charge is 0.156 e. The molecule has 1 N–H and O–H groups in total. The molecule has 0 bridgehead atoms. The lowest BCUT2D eigenvalue weighted by Gasteiger charge is -2.07. The SMILES string of the molecule is CCCC1CN=C(NCCCS(C)(=O)=O)S1. The van der Waals surface area contributed by atoms with Gasteiger partial charge in [-0.15, -0.1) is 0 Å². The summed E-state index contributed by atoms with van der Waals surface area (Å²) in [6.45, 7) is 3.77. The molecule has 0 spiro atoms. The second-order valence-corrected chi connectivity index (χ2v) is 7.63. The molecule has 0 aromatic heterocycles. The largest absolute Gasteiger partial charge is 0.365 e. The Kier molecular flexibility index (Phi) is 5.61. The highest BCUT2D eigenvalue weighted by Gasteiger charge is 2.17. The van der Waals surface area contributed by atoms with Gasteiger partial charge in [-0.3, -0.25) is 4.99 Å². The van der Waals surface area contributed by atoms with Gasteiger partial charge < -0.3 is 5.32 Å². The van der Waals surface area contributed by atoms with Gasteiger partial charge in [0.1, 0.15) is 9.84 Å². The summed E-state index contributed by atoms with van der Waals surface area (Å²) in [6, 6.07) is 0. The molecule has 0 radical (unpaired) electrons. The maximum Gasteiger partial charge on any atom is 0.156 e. The first-order chi connectivity index (χ1) is 7.51. The number of hydrogen-bond donors (Lipinski definition) is 1. The van der Waals surface area contributed by atoms with E-state index in [4.69, 9.17) is 0 Å². The molecule has 1 atom stereocenters. The van der Waals surface area contributed by atoms with Crippen LogP contribution < -0.4 is 5.32 Å². The van der Waals surface area contributed by atoms with Gasteiger partial charge in [0.25, 0.3) is 0 Å². The molecule has 0 fully saturated rings. The van der Waals surface area contributed by atoms with Gasteiger partial charge in [-0.1, -0.05) is 25.1 Å². The minimum atomic E-state index is -2.83. The van der Waals surface area contributed by atoms with Crippen LogP contribution in [0.4, 0.5) is 0 Å². The first-order valence-electron chi connectivity index (χ1n) is 5.64. The summed E-state index contributed by atoms with van der Waals surface area (Å²) >= 11 is 1.78. The van der Waals surface area contributed by atoms with Gasteiger partial charge in [0.05, 0.1) is 12.3 Å². The van der Waals surface area contributed by atoms with Crippen LogP contribution in [-0.4, -0.2) is 43.9 Å². The van der Waals surface area contributed by atoms with Crippen LogP contribution in [0, 0.1) is 0 Å². The molecule has 0 amide bonds. The zero-order valence-corrected chi connectivity index (χ0v) is 11.5. The fourth-order valence-electron chi connectivity index (χ4n) is 1.52. The number of amidine groups is 1. The van der Waals surface area contributed by atoms with Crippen LogP contribution in [0.2, 0.25) is 0 Å². The van der Waals surface area contributed by atoms with Crippen LogP contribution in [0.3, 0.4) is 0 Å². The van der Waals surface area contributed by atoms with Crippen molar-refractivity contribution >= 4 is 26.8 Å². The Bertz CT molecular complexity index is 339. The number of aliphatic imine (C=N–C) groups is 1. The number of nitrogens with one attached hydrogen (secondary N) is 1. The van der Waals surface area contributed by atoms with Crippen LogP contribution in [0.1, 0.15) is 26.2 Å². The zero-order valence-electron chi connectivity index (χ0n) is 9.90. The highest BCUT2D eigenvalue weighted by molar-refractivity contribution is 8.14. The van der Waals surface area contributed by atoms with E-state index in [9.17, 15) is 8.42 Å². The van der Waals surface area contributed by atoms with Crippen molar-refractivity contribution in [1.82, 2.24) is 5.32 Å². The van der Waals surface area contributed by atoms with E-state index in [2.05, 4.69) is 17.2 Å². The summed E-state index contributed by atoms with van der Waals surface area (Å²) in [4.78, 5) is 4.39. The molecule has 1 aliphatic rings. The van der Waals surface area contributed by atoms with E-state index < -0.39 is 9.84 Å². The second kappa shape index (κ2) is 6.49. The first-order valence-corrected chi connectivity index (χ1v) is 8.58. The van der Waals surface area contributed by atoms with Crippen molar-refractivity contribution in [2.45, 2.75) is 31.4 Å². The van der Waals surface area contributed by atoms with E-state index >= 15 is 0 Å². The Balaban J connectivity index is 2.11. The Morgan fingerprint density at radius 2 is 2.31 bits per heavy atom. The van der Waals surface area contributed by atoms with Gasteiger partial charge in [0, 0.05) is 18.1 Å². The molecule has 0 aromatic carbocycles. The fourth-order valence-corrected chi connectivity index (χ4v) is 3.34. The lowest BCUT2D eigenvalue weighted by molar-refractivity contribution is 0.598. The average Bonchev–Trinajstić information content (AvgIpc) is 2.60. The normalized spacial score (nSPS) is 20.9. The topological polar surface area (TPSA) is 58.5 Å². The van der Waals surface area contributed by atoms with Crippen LogP contribution in [0.15, 0.2) is 4.99 Å². The summed E-state index contributed by atoms with van der Waals surface area (Å²) in [5.74, 6) is 0.246. The lowest BCUT2D eigenvalue weighted by atomic mass is 10.2. The molecule has 0 aromatic rings. The minimum absolute atomic E-state index is 0.246. The standard InChI is InChI=1S/C10H20N2O2S2/c1-3-5-9-8-12-10(15-9)11-6-4-7-16(2,13)14/h9H,3-8H2,1-2H3,(H,11,12). The molecule has 1 heterocycles. The molecule has 1 unspecified atom stereocenters. The first kappa shape index (κ1) is 13.8. The van der Waals surface area contributed by atoms with Gasteiger partial charge >= 0.3 is 0 Å². The summed E-state index contributed by atoms with van der Waals surface area (Å²) in [5.41, 5.74) is 0.